The molecule has 1 aromatic carbocycles. The van der Waals surface area contributed by atoms with Gasteiger partial charge in [-0.05, 0) is 24.6 Å². The van der Waals surface area contributed by atoms with E-state index < -0.39 is 0 Å². The second-order valence-electron chi connectivity index (χ2n) is 5.12. The van der Waals surface area contributed by atoms with Crippen LogP contribution in [0.15, 0.2) is 64.5 Å². The highest BCUT2D eigenvalue weighted by Gasteiger charge is 2.18. The highest BCUT2D eigenvalue weighted by Crippen LogP contribution is 2.29. The Kier molecular flexibility index (Phi) is 4.52. The van der Waals surface area contributed by atoms with Gasteiger partial charge in [0.1, 0.15) is 5.76 Å². The van der Waals surface area contributed by atoms with Gasteiger partial charge in [-0.2, -0.15) is 0 Å². The summed E-state index contributed by atoms with van der Waals surface area (Å²) in [5.41, 5.74) is 7.41. The van der Waals surface area contributed by atoms with Crippen LogP contribution in [-0.2, 0) is 11.3 Å². The zero-order chi connectivity index (χ0) is 16.2. The molecule has 0 radical (unpaired) electrons. The van der Waals surface area contributed by atoms with Crippen LogP contribution in [0, 0.1) is 0 Å². The van der Waals surface area contributed by atoms with Crippen molar-refractivity contribution in [1.82, 2.24) is 9.55 Å². The van der Waals surface area contributed by atoms with E-state index in [1.54, 1.807) is 13.2 Å². The molecule has 2 aromatic heterocycles. The third-order valence-electron chi connectivity index (χ3n) is 3.47. The van der Waals surface area contributed by atoms with Gasteiger partial charge in [-0.3, -0.25) is 4.79 Å². The van der Waals surface area contributed by atoms with Crippen LogP contribution in [0.5, 0.6) is 0 Å². The average Bonchev–Trinajstić information content (AvgIpc) is 3.19. The lowest BCUT2D eigenvalue weighted by molar-refractivity contribution is -0.117. The molecular weight excluding hydrogens is 310 g/mol. The van der Waals surface area contributed by atoms with E-state index in [1.807, 2.05) is 53.2 Å². The van der Waals surface area contributed by atoms with E-state index in [0.717, 1.165) is 22.2 Å². The number of benzene rings is 1. The number of primary amides is 1. The molecule has 0 fully saturated rings. The number of nitrogens with two attached hydrogens (primary N) is 1. The fraction of sp³-hybridized carbons (Fsp3) is 0.176. The summed E-state index contributed by atoms with van der Waals surface area (Å²) < 4.78 is 7.50. The van der Waals surface area contributed by atoms with Crippen molar-refractivity contribution < 1.29 is 9.21 Å². The summed E-state index contributed by atoms with van der Waals surface area (Å²) in [4.78, 5) is 15.8. The third-order valence-corrected chi connectivity index (χ3v) is 4.59. The van der Waals surface area contributed by atoms with E-state index in [9.17, 15) is 4.79 Å². The minimum atomic E-state index is -0.358. The first-order chi connectivity index (χ1) is 11.1. The number of thioether (sulfide) groups is 1. The number of carbonyl (C=O) groups is 1. The van der Waals surface area contributed by atoms with Crippen LogP contribution in [-0.4, -0.2) is 20.7 Å². The summed E-state index contributed by atoms with van der Waals surface area (Å²) in [7, 11) is 0. The number of amides is 1. The fourth-order valence-corrected chi connectivity index (χ4v) is 3.06. The molecular formula is C17H17N3O2S. The normalized spacial score (nSPS) is 12.2. The van der Waals surface area contributed by atoms with Gasteiger partial charge < -0.3 is 14.7 Å². The van der Waals surface area contributed by atoms with Crippen LogP contribution >= 0.6 is 11.8 Å². The summed E-state index contributed by atoms with van der Waals surface area (Å²) in [6.07, 6.45) is 3.46. The second kappa shape index (κ2) is 6.75. The topological polar surface area (TPSA) is 74.1 Å². The maximum absolute atomic E-state index is 11.4. The van der Waals surface area contributed by atoms with Crippen molar-refractivity contribution in [2.75, 3.05) is 0 Å². The van der Waals surface area contributed by atoms with E-state index in [0.29, 0.717) is 6.54 Å². The van der Waals surface area contributed by atoms with Crippen LogP contribution in [0.25, 0.3) is 11.3 Å². The molecule has 1 atom stereocenters. The number of hydrogen-bond acceptors (Lipinski definition) is 4. The molecule has 2 N–H and O–H groups in total. The van der Waals surface area contributed by atoms with Crippen molar-refractivity contribution in [3.05, 3.63) is 60.7 Å². The van der Waals surface area contributed by atoms with Crippen molar-refractivity contribution in [1.29, 1.82) is 0 Å². The predicted octanol–water partition coefficient (Wildman–Crippen LogP) is 3.16. The van der Waals surface area contributed by atoms with Crippen molar-refractivity contribution >= 4 is 17.7 Å². The van der Waals surface area contributed by atoms with Gasteiger partial charge in [-0.1, -0.05) is 42.1 Å². The molecule has 6 heteroatoms. The smallest absolute Gasteiger partial charge is 0.230 e. The SMILES string of the molecule is C[C@@H](Sc1ncc(-c2ccccc2)n1Cc1ccco1)C(N)=O. The summed E-state index contributed by atoms with van der Waals surface area (Å²) in [6, 6.07) is 13.8. The van der Waals surface area contributed by atoms with Gasteiger partial charge in [0.05, 0.1) is 29.9 Å². The molecule has 118 valence electrons. The summed E-state index contributed by atoms with van der Waals surface area (Å²) in [6.45, 7) is 2.33. The molecule has 0 spiro atoms. The summed E-state index contributed by atoms with van der Waals surface area (Å²) >= 11 is 1.35. The molecule has 0 aliphatic heterocycles. The zero-order valence-electron chi connectivity index (χ0n) is 12.7. The van der Waals surface area contributed by atoms with E-state index in [2.05, 4.69) is 4.98 Å². The number of imidazole rings is 1. The molecule has 3 aromatic rings. The Morgan fingerprint density at radius 2 is 2.09 bits per heavy atom. The van der Waals surface area contributed by atoms with Gasteiger partial charge in [0.15, 0.2) is 5.16 Å². The number of nitrogens with zero attached hydrogens (tertiary/aromatic N) is 2. The van der Waals surface area contributed by atoms with Gasteiger partial charge in [-0.15, -0.1) is 0 Å². The largest absolute Gasteiger partial charge is 0.467 e. The molecule has 0 unspecified atom stereocenters. The molecule has 0 bridgehead atoms. The number of carbonyl (C=O) groups excluding carboxylic acids is 1. The highest BCUT2D eigenvalue weighted by atomic mass is 32.2. The maximum atomic E-state index is 11.4. The van der Waals surface area contributed by atoms with Crippen LogP contribution in [0.2, 0.25) is 0 Å². The molecule has 0 aliphatic carbocycles. The summed E-state index contributed by atoms with van der Waals surface area (Å²) in [5.74, 6) is 0.470. The standard InChI is InChI=1S/C17H17N3O2S/c1-12(16(18)21)23-17-19-10-15(13-6-3-2-4-7-13)20(17)11-14-8-5-9-22-14/h2-10,12H,11H2,1H3,(H2,18,21)/t12-/m1/s1. The van der Waals surface area contributed by atoms with Crippen LogP contribution in [0.4, 0.5) is 0 Å². The maximum Gasteiger partial charge on any atom is 0.230 e. The molecule has 23 heavy (non-hydrogen) atoms. The van der Waals surface area contributed by atoms with Crippen molar-refractivity contribution in [3.63, 3.8) is 0 Å². The molecule has 2 heterocycles. The monoisotopic (exact) mass is 327 g/mol. The number of rotatable bonds is 6. The number of furan rings is 1. The first kappa shape index (κ1) is 15.4. The Balaban J connectivity index is 1.99. The summed E-state index contributed by atoms with van der Waals surface area (Å²) in [5, 5.41) is 0.392. The molecule has 3 rings (SSSR count). The minimum absolute atomic E-state index is 0.351. The van der Waals surface area contributed by atoms with Gasteiger partial charge >= 0.3 is 0 Å². The lowest BCUT2D eigenvalue weighted by Crippen LogP contribution is -2.23. The first-order valence-electron chi connectivity index (χ1n) is 7.24. The lowest BCUT2D eigenvalue weighted by Gasteiger charge is -2.12. The third kappa shape index (κ3) is 3.48. The van der Waals surface area contributed by atoms with E-state index in [-0.39, 0.29) is 11.2 Å². The molecule has 0 saturated heterocycles. The quantitative estimate of drug-likeness (QED) is 0.706. The van der Waals surface area contributed by atoms with Crippen LogP contribution in [0.1, 0.15) is 12.7 Å². The lowest BCUT2D eigenvalue weighted by atomic mass is 10.2. The molecule has 0 saturated carbocycles. The minimum Gasteiger partial charge on any atom is -0.467 e. The van der Waals surface area contributed by atoms with Crippen LogP contribution < -0.4 is 5.73 Å². The van der Waals surface area contributed by atoms with Crippen molar-refractivity contribution in [2.45, 2.75) is 23.9 Å². The van der Waals surface area contributed by atoms with E-state index >= 15 is 0 Å². The van der Waals surface area contributed by atoms with Gasteiger partial charge in [0, 0.05) is 0 Å². The number of hydrogen-bond donors (Lipinski definition) is 1. The van der Waals surface area contributed by atoms with Crippen molar-refractivity contribution in [2.24, 2.45) is 5.73 Å². The Hall–Kier alpha value is -2.47. The number of aromatic nitrogens is 2. The Morgan fingerprint density at radius 3 is 2.74 bits per heavy atom. The highest BCUT2D eigenvalue weighted by molar-refractivity contribution is 8.00. The molecule has 1 amide bonds. The second-order valence-corrected chi connectivity index (χ2v) is 6.43. The Morgan fingerprint density at radius 1 is 1.30 bits per heavy atom. The van der Waals surface area contributed by atoms with Crippen molar-refractivity contribution in [3.8, 4) is 11.3 Å². The van der Waals surface area contributed by atoms with Gasteiger partial charge in [0.25, 0.3) is 0 Å². The van der Waals surface area contributed by atoms with Gasteiger partial charge in [0.2, 0.25) is 5.91 Å². The Bertz CT molecular complexity index is 782. The molecule has 0 aliphatic rings. The fourth-order valence-electron chi connectivity index (χ4n) is 2.22. The van der Waals surface area contributed by atoms with Gasteiger partial charge in [-0.25, -0.2) is 4.98 Å². The van der Waals surface area contributed by atoms with Crippen LogP contribution in [0.3, 0.4) is 0 Å². The predicted molar refractivity (Wildman–Crippen MR) is 90.0 cm³/mol. The zero-order valence-corrected chi connectivity index (χ0v) is 13.5. The van der Waals surface area contributed by atoms with E-state index in [1.165, 1.54) is 11.8 Å². The first-order valence-corrected chi connectivity index (χ1v) is 8.12. The average molecular weight is 327 g/mol. The Labute approximate surface area is 138 Å². The molecule has 5 nitrogen and oxygen atoms in total. The van der Waals surface area contributed by atoms with E-state index in [4.69, 9.17) is 10.2 Å².